The molecule has 0 spiro atoms. The zero-order chi connectivity index (χ0) is 24.3. The molecule has 10 heteroatoms. The number of hydrogen-bond acceptors (Lipinski definition) is 5. The number of hydrogen-bond donors (Lipinski definition) is 1. The van der Waals surface area contributed by atoms with Gasteiger partial charge in [0.2, 0.25) is 0 Å². The summed E-state index contributed by atoms with van der Waals surface area (Å²) < 4.78 is 52.1. The molecular formula is C24H22ClFN2O5S. The minimum atomic E-state index is -4.03. The Balaban J connectivity index is 1.55. The van der Waals surface area contributed by atoms with Gasteiger partial charge in [-0.05, 0) is 66.6 Å². The van der Waals surface area contributed by atoms with Crippen molar-refractivity contribution in [3.05, 3.63) is 83.1 Å². The molecule has 1 amide bonds. The van der Waals surface area contributed by atoms with Crippen LogP contribution in [0.3, 0.4) is 0 Å². The monoisotopic (exact) mass is 504 g/mol. The van der Waals surface area contributed by atoms with Crippen molar-refractivity contribution < 1.29 is 27.1 Å². The number of benzene rings is 3. The van der Waals surface area contributed by atoms with Gasteiger partial charge in [-0.25, -0.2) is 12.8 Å². The molecule has 0 saturated heterocycles. The number of halogens is 2. The topological polar surface area (TPSA) is 84.9 Å². The average molecular weight is 505 g/mol. The summed E-state index contributed by atoms with van der Waals surface area (Å²) in [5.74, 6) is -0.0489. The number of anilines is 1. The van der Waals surface area contributed by atoms with E-state index in [0.29, 0.717) is 17.2 Å². The molecule has 0 saturated carbocycles. The highest BCUT2D eigenvalue weighted by atomic mass is 35.5. The lowest BCUT2D eigenvalue weighted by Crippen LogP contribution is -2.51. The van der Waals surface area contributed by atoms with E-state index in [1.54, 1.807) is 30.3 Å². The van der Waals surface area contributed by atoms with E-state index in [9.17, 15) is 17.6 Å². The Bertz CT molecular complexity index is 1280. The maximum atomic E-state index is 13.5. The smallest absolute Gasteiger partial charge is 0.264 e. The molecule has 178 valence electrons. The molecule has 3 aromatic rings. The van der Waals surface area contributed by atoms with Gasteiger partial charge in [-0.2, -0.15) is 0 Å². The van der Waals surface area contributed by atoms with E-state index in [1.165, 1.54) is 43.5 Å². The number of carbonyl (C=O) groups excluding carboxylic acids is 1. The molecule has 0 aliphatic carbocycles. The number of methoxy groups -OCH3 is 1. The van der Waals surface area contributed by atoms with Gasteiger partial charge in [-0.1, -0.05) is 23.7 Å². The van der Waals surface area contributed by atoms with Crippen LogP contribution in [0.25, 0.3) is 0 Å². The van der Waals surface area contributed by atoms with Crippen molar-refractivity contribution in [2.24, 2.45) is 0 Å². The Hall–Kier alpha value is -3.30. The van der Waals surface area contributed by atoms with Crippen LogP contribution >= 0.6 is 11.6 Å². The van der Waals surface area contributed by atoms with Crippen LogP contribution in [0.5, 0.6) is 11.5 Å². The molecule has 1 atom stereocenters. The summed E-state index contributed by atoms with van der Waals surface area (Å²) in [6, 6.07) is 16.5. The van der Waals surface area contributed by atoms with Crippen LogP contribution in [0.4, 0.5) is 10.1 Å². The predicted octanol–water partition coefficient (Wildman–Crippen LogP) is 3.80. The third kappa shape index (κ3) is 5.10. The van der Waals surface area contributed by atoms with Gasteiger partial charge < -0.3 is 14.8 Å². The van der Waals surface area contributed by atoms with Gasteiger partial charge in [0.25, 0.3) is 15.9 Å². The van der Waals surface area contributed by atoms with E-state index in [1.807, 2.05) is 0 Å². The van der Waals surface area contributed by atoms with Gasteiger partial charge in [0.05, 0.1) is 24.2 Å². The highest BCUT2D eigenvalue weighted by Crippen LogP contribution is 2.39. The number of rotatable bonds is 7. The van der Waals surface area contributed by atoms with Crippen LogP contribution in [0, 0.1) is 5.82 Å². The fraction of sp³-hybridized carbons (Fsp3) is 0.208. The van der Waals surface area contributed by atoms with Crippen LogP contribution < -0.4 is 19.1 Å². The molecule has 0 fully saturated rings. The third-order valence-corrected chi connectivity index (χ3v) is 7.39. The molecule has 1 aliphatic rings. The van der Waals surface area contributed by atoms with Crippen molar-refractivity contribution in [1.29, 1.82) is 0 Å². The van der Waals surface area contributed by atoms with E-state index in [2.05, 4.69) is 5.32 Å². The van der Waals surface area contributed by atoms with Gasteiger partial charge in [0.15, 0.2) is 6.10 Å². The van der Waals surface area contributed by atoms with Crippen LogP contribution in [0.15, 0.2) is 71.6 Å². The molecule has 0 aromatic heterocycles. The van der Waals surface area contributed by atoms with Gasteiger partial charge in [0, 0.05) is 11.6 Å². The van der Waals surface area contributed by atoms with Crippen LogP contribution in [-0.2, 0) is 21.2 Å². The van der Waals surface area contributed by atoms with Gasteiger partial charge >= 0.3 is 0 Å². The number of fused-ring (bicyclic) bond motifs is 1. The predicted molar refractivity (Wildman–Crippen MR) is 127 cm³/mol. The Kier molecular flexibility index (Phi) is 6.95. The number of nitrogens with one attached hydrogen (secondary N) is 1. The van der Waals surface area contributed by atoms with E-state index in [0.717, 1.165) is 9.87 Å². The molecule has 1 unspecified atom stereocenters. The van der Waals surface area contributed by atoms with Gasteiger partial charge in [0.1, 0.15) is 17.3 Å². The molecule has 4 rings (SSSR count). The fourth-order valence-corrected chi connectivity index (χ4v) is 5.19. The highest BCUT2D eigenvalue weighted by Gasteiger charge is 2.37. The second kappa shape index (κ2) is 9.90. The van der Waals surface area contributed by atoms with Gasteiger partial charge in [-0.15, -0.1) is 0 Å². The molecule has 7 nitrogen and oxygen atoms in total. The molecule has 1 aliphatic heterocycles. The molecule has 0 bridgehead atoms. The lowest BCUT2D eigenvalue weighted by Gasteiger charge is -2.35. The zero-order valence-corrected chi connectivity index (χ0v) is 19.8. The van der Waals surface area contributed by atoms with Crippen molar-refractivity contribution in [2.75, 3.05) is 24.5 Å². The van der Waals surface area contributed by atoms with E-state index in [4.69, 9.17) is 21.1 Å². The quantitative estimate of drug-likeness (QED) is 0.529. The second-order valence-electron chi connectivity index (χ2n) is 7.60. The fourth-order valence-electron chi connectivity index (χ4n) is 3.56. The molecule has 34 heavy (non-hydrogen) atoms. The number of carbonyl (C=O) groups is 1. The van der Waals surface area contributed by atoms with E-state index >= 15 is 0 Å². The van der Waals surface area contributed by atoms with Crippen molar-refractivity contribution in [3.63, 3.8) is 0 Å². The Labute approximate surface area is 202 Å². The first kappa shape index (κ1) is 23.8. The third-order valence-electron chi connectivity index (χ3n) is 5.36. The van der Waals surface area contributed by atoms with Gasteiger partial charge in [-0.3, -0.25) is 9.10 Å². The first-order valence-corrected chi connectivity index (χ1v) is 12.2. The van der Waals surface area contributed by atoms with Crippen LogP contribution in [0.2, 0.25) is 5.02 Å². The molecule has 1 heterocycles. The lowest BCUT2D eigenvalue weighted by atomic mass is 10.1. The minimum absolute atomic E-state index is 0.0385. The maximum absolute atomic E-state index is 13.5. The second-order valence-corrected chi connectivity index (χ2v) is 9.90. The maximum Gasteiger partial charge on any atom is 0.264 e. The normalized spacial score (nSPS) is 15.3. The Morgan fingerprint density at radius 3 is 2.53 bits per heavy atom. The van der Waals surface area contributed by atoms with Crippen molar-refractivity contribution >= 4 is 33.2 Å². The Morgan fingerprint density at radius 2 is 1.85 bits per heavy atom. The SMILES string of the molecule is COc1ccc(S(=O)(=O)N2CC(C(=O)NCCc3ccc(F)cc3)Oc3ccc(Cl)cc32)cc1. The first-order valence-electron chi connectivity index (χ1n) is 10.4. The summed E-state index contributed by atoms with van der Waals surface area (Å²) in [6.45, 7) is 0.0487. The summed E-state index contributed by atoms with van der Waals surface area (Å²) in [5, 5.41) is 3.10. The highest BCUT2D eigenvalue weighted by molar-refractivity contribution is 7.92. The zero-order valence-electron chi connectivity index (χ0n) is 18.2. The number of sulfonamides is 1. The van der Waals surface area contributed by atoms with Crippen LogP contribution in [0.1, 0.15) is 5.56 Å². The van der Waals surface area contributed by atoms with E-state index < -0.39 is 22.0 Å². The van der Waals surface area contributed by atoms with Crippen LogP contribution in [-0.4, -0.2) is 40.6 Å². The summed E-state index contributed by atoms with van der Waals surface area (Å²) in [6.07, 6.45) is -0.589. The van der Waals surface area contributed by atoms with E-state index in [-0.39, 0.29) is 35.2 Å². The number of amides is 1. The van der Waals surface area contributed by atoms with Crippen molar-refractivity contribution in [2.45, 2.75) is 17.4 Å². The minimum Gasteiger partial charge on any atom is -0.497 e. The first-order chi connectivity index (χ1) is 16.3. The standard InChI is InChI=1S/C24H22ClFN2O5S/c1-32-19-7-9-20(10-8-19)34(30,31)28-15-23(33-22-11-4-17(25)14-21(22)28)24(29)27-13-12-16-2-5-18(26)6-3-16/h2-11,14,23H,12-13,15H2,1H3,(H,27,29). The molecular weight excluding hydrogens is 483 g/mol. The summed E-state index contributed by atoms with van der Waals surface area (Å²) >= 11 is 6.12. The summed E-state index contributed by atoms with van der Waals surface area (Å²) in [5.41, 5.74) is 1.11. The van der Waals surface area contributed by atoms with Crippen molar-refractivity contribution in [1.82, 2.24) is 5.32 Å². The largest absolute Gasteiger partial charge is 0.497 e. The lowest BCUT2D eigenvalue weighted by molar-refractivity contribution is -0.127. The number of nitrogens with zero attached hydrogens (tertiary/aromatic N) is 1. The average Bonchev–Trinajstić information content (AvgIpc) is 2.84. The molecule has 3 aromatic carbocycles. The molecule has 0 radical (unpaired) electrons. The summed E-state index contributed by atoms with van der Waals surface area (Å²) in [7, 11) is -2.54. The molecule has 1 N–H and O–H groups in total. The Morgan fingerprint density at radius 1 is 1.15 bits per heavy atom. The van der Waals surface area contributed by atoms with Crippen molar-refractivity contribution in [3.8, 4) is 11.5 Å². The summed E-state index contributed by atoms with van der Waals surface area (Å²) in [4.78, 5) is 12.9. The number of ether oxygens (including phenoxy) is 2.